The average Bonchev–Trinajstić information content (AvgIpc) is 2.54. The van der Waals surface area contributed by atoms with Gasteiger partial charge in [-0.2, -0.15) is 0 Å². The number of benzene rings is 2. The first kappa shape index (κ1) is 14.7. The van der Waals surface area contributed by atoms with Gasteiger partial charge >= 0.3 is 0 Å². The monoisotopic (exact) mass is 282 g/mol. The summed E-state index contributed by atoms with van der Waals surface area (Å²) in [5, 5.41) is 0. The molecule has 0 fully saturated rings. The molecule has 2 aromatic rings. The van der Waals surface area contributed by atoms with Crippen LogP contribution in [-0.4, -0.2) is 14.2 Å². The van der Waals surface area contributed by atoms with Gasteiger partial charge in [0.05, 0.1) is 14.2 Å². The van der Waals surface area contributed by atoms with Crippen molar-refractivity contribution in [1.82, 2.24) is 0 Å². The van der Waals surface area contributed by atoms with Crippen LogP contribution in [0.15, 0.2) is 49.6 Å². The maximum Gasteiger partial charge on any atom is 0.170 e. The third kappa shape index (κ3) is 2.92. The van der Waals surface area contributed by atoms with Crippen molar-refractivity contribution < 1.29 is 14.2 Å². The fraction of sp³-hybridized carbons (Fsp3) is 0.111. The zero-order valence-corrected chi connectivity index (χ0v) is 12.3. The number of ether oxygens (including phenoxy) is 3. The third-order valence-electron chi connectivity index (χ3n) is 3.09. The van der Waals surface area contributed by atoms with Gasteiger partial charge in [-0.25, -0.2) is 0 Å². The van der Waals surface area contributed by atoms with Crippen LogP contribution in [0.2, 0.25) is 0 Å². The lowest BCUT2D eigenvalue weighted by Gasteiger charge is -2.15. The quantitative estimate of drug-likeness (QED) is 0.763. The molecule has 2 rings (SSSR count). The number of rotatable bonds is 6. The molecule has 0 atom stereocenters. The molecule has 3 nitrogen and oxygen atoms in total. The Morgan fingerprint density at radius 2 is 1.19 bits per heavy atom. The standard InChI is InChI=1S/C18H18O3/c1-5-13-9-7-11-15(17(13)19-3)21-16-12-8-10-14(6-2)18(16)20-4/h5-12H,1-2H2,3-4H3. The van der Waals surface area contributed by atoms with Crippen LogP contribution in [0, 0.1) is 0 Å². The van der Waals surface area contributed by atoms with Gasteiger partial charge in [-0.3, -0.25) is 0 Å². The van der Waals surface area contributed by atoms with Crippen LogP contribution in [0.3, 0.4) is 0 Å². The largest absolute Gasteiger partial charge is 0.492 e. The zero-order chi connectivity index (χ0) is 15.2. The maximum absolute atomic E-state index is 5.96. The minimum absolute atomic E-state index is 0.606. The predicted octanol–water partition coefficient (Wildman–Crippen LogP) is 4.78. The predicted molar refractivity (Wildman–Crippen MR) is 86.2 cm³/mol. The molecule has 0 aliphatic rings. The van der Waals surface area contributed by atoms with Crippen LogP contribution in [0.5, 0.6) is 23.0 Å². The summed E-state index contributed by atoms with van der Waals surface area (Å²) in [6.45, 7) is 7.55. The molecular formula is C18H18O3. The highest BCUT2D eigenvalue weighted by molar-refractivity contribution is 5.64. The second kappa shape index (κ2) is 6.66. The van der Waals surface area contributed by atoms with Crippen molar-refractivity contribution in [3.63, 3.8) is 0 Å². The number of methoxy groups -OCH3 is 2. The Morgan fingerprint density at radius 3 is 1.52 bits per heavy atom. The molecule has 0 amide bonds. The van der Waals surface area contributed by atoms with Crippen LogP contribution in [0.25, 0.3) is 12.2 Å². The Hall–Kier alpha value is -2.68. The Morgan fingerprint density at radius 1 is 0.762 bits per heavy atom. The van der Waals surface area contributed by atoms with Gasteiger partial charge in [0.25, 0.3) is 0 Å². The molecule has 0 N–H and O–H groups in total. The van der Waals surface area contributed by atoms with E-state index in [0.717, 1.165) is 11.1 Å². The minimum Gasteiger partial charge on any atom is -0.492 e. The Bertz CT molecular complexity index is 602. The van der Waals surface area contributed by atoms with Gasteiger partial charge in [-0.1, -0.05) is 49.6 Å². The molecule has 0 bridgehead atoms. The van der Waals surface area contributed by atoms with Crippen LogP contribution in [0.4, 0.5) is 0 Å². The summed E-state index contributed by atoms with van der Waals surface area (Å²) in [6.07, 6.45) is 3.45. The van der Waals surface area contributed by atoms with Crippen LogP contribution in [-0.2, 0) is 0 Å². The van der Waals surface area contributed by atoms with Gasteiger partial charge in [0.15, 0.2) is 23.0 Å². The second-order valence-corrected chi connectivity index (χ2v) is 4.27. The van der Waals surface area contributed by atoms with Crippen molar-refractivity contribution in [3.8, 4) is 23.0 Å². The molecule has 21 heavy (non-hydrogen) atoms. The lowest BCUT2D eigenvalue weighted by atomic mass is 10.1. The summed E-state index contributed by atoms with van der Waals surface area (Å²) in [5.74, 6) is 2.49. The third-order valence-corrected chi connectivity index (χ3v) is 3.09. The lowest BCUT2D eigenvalue weighted by Crippen LogP contribution is -1.96. The van der Waals surface area contributed by atoms with Gasteiger partial charge in [0.1, 0.15) is 0 Å². The highest BCUT2D eigenvalue weighted by atomic mass is 16.5. The first-order chi connectivity index (χ1) is 10.2. The summed E-state index contributed by atoms with van der Waals surface area (Å²) in [6, 6.07) is 11.3. The fourth-order valence-electron chi connectivity index (χ4n) is 2.10. The SMILES string of the molecule is C=Cc1cccc(Oc2cccc(C=C)c2OC)c1OC. The van der Waals surface area contributed by atoms with E-state index in [1.165, 1.54) is 0 Å². The topological polar surface area (TPSA) is 27.7 Å². The highest BCUT2D eigenvalue weighted by Gasteiger charge is 2.13. The van der Waals surface area contributed by atoms with E-state index in [1.807, 2.05) is 36.4 Å². The van der Waals surface area contributed by atoms with Gasteiger partial charge in [0, 0.05) is 11.1 Å². The molecule has 2 aromatic carbocycles. The van der Waals surface area contributed by atoms with Crippen molar-refractivity contribution in [3.05, 3.63) is 60.7 Å². The molecule has 0 aliphatic heterocycles. The van der Waals surface area contributed by atoms with Crippen molar-refractivity contribution >= 4 is 12.2 Å². The molecule has 0 saturated heterocycles. The first-order valence-electron chi connectivity index (χ1n) is 6.51. The van der Waals surface area contributed by atoms with Gasteiger partial charge in [-0.15, -0.1) is 0 Å². The highest BCUT2D eigenvalue weighted by Crippen LogP contribution is 2.40. The molecule has 0 heterocycles. The molecule has 0 unspecified atom stereocenters. The van der Waals surface area contributed by atoms with Crippen molar-refractivity contribution in [2.45, 2.75) is 0 Å². The molecule has 0 radical (unpaired) electrons. The normalized spacial score (nSPS) is 9.81. The van der Waals surface area contributed by atoms with Gasteiger partial charge < -0.3 is 14.2 Å². The van der Waals surface area contributed by atoms with Crippen LogP contribution < -0.4 is 14.2 Å². The number of para-hydroxylation sites is 2. The van der Waals surface area contributed by atoms with Crippen molar-refractivity contribution in [2.75, 3.05) is 14.2 Å². The van der Waals surface area contributed by atoms with E-state index in [1.54, 1.807) is 26.4 Å². The number of hydrogen-bond acceptors (Lipinski definition) is 3. The van der Waals surface area contributed by atoms with E-state index >= 15 is 0 Å². The zero-order valence-electron chi connectivity index (χ0n) is 12.3. The van der Waals surface area contributed by atoms with E-state index in [9.17, 15) is 0 Å². The molecule has 108 valence electrons. The summed E-state index contributed by atoms with van der Waals surface area (Å²) >= 11 is 0. The van der Waals surface area contributed by atoms with Crippen LogP contribution >= 0.6 is 0 Å². The first-order valence-corrected chi connectivity index (χ1v) is 6.51. The Kier molecular flexibility index (Phi) is 4.67. The van der Waals surface area contributed by atoms with E-state index in [0.29, 0.717) is 23.0 Å². The smallest absolute Gasteiger partial charge is 0.170 e. The Balaban J connectivity index is 2.48. The van der Waals surface area contributed by atoms with Crippen molar-refractivity contribution in [2.24, 2.45) is 0 Å². The molecular weight excluding hydrogens is 264 g/mol. The van der Waals surface area contributed by atoms with E-state index in [2.05, 4.69) is 13.2 Å². The molecule has 0 aliphatic carbocycles. The van der Waals surface area contributed by atoms with Gasteiger partial charge in [-0.05, 0) is 12.1 Å². The Labute approximate surface area is 125 Å². The minimum atomic E-state index is 0.606. The molecule has 0 spiro atoms. The number of hydrogen-bond donors (Lipinski definition) is 0. The molecule has 0 saturated carbocycles. The van der Waals surface area contributed by atoms with Gasteiger partial charge in [0.2, 0.25) is 0 Å². The maximum atomic E-state index is 5.96. The fourth-order valence-corrected chi connectivity index (χ4v) is 2.10. The lowest BCUT2D eigenvalue weighted by molar-refractivity contribution is 0.355. The summed E-state index contributed by atoms with van der Waals surface area (Å²) in [7, 11) is 3.21. The van der Waals surface area contributed by atoms with E-state index in [-0.39, 0.29) is 0 Å². The van der Waals surface area contributed by atoms with E-state index < -0.39 is 0 Å². The summed E-state index contributed by atoms with van der Waals surface area (Å²) in [5.41, 5.74) is 1.74. The molecule has 3 heteroatoms. The molecule has 0 aromatic heterocycles. The van der Waals surface area contributed by atoms with Crippen LogP contribution in [0.1, 0.15) is 11.1 Å². The average molecular weight is 282 g/mol. The second-order valence-electron chi connectivity index (χ2n) is 4.27. The summed E-state index contributed by atoms with van der Waals surface area (Å²) in [4.78, 5) is 0. The summed E-state index contributed by atoms with van der Waals surface area (Å²) < 4.78 is 16.8. The van der Waals surface area contributed by atoms with Crippen molar-refractivity contribution in [1.29, 1.82) is 0 Å². The van der Waals surface area contributed by atoms with E-state index in [4.69, 9.17) is 14.2 Å².